The van der Waals surface area contributed by atoms with Gasteiger partial charge < -0.3 is 18.9 Å². The first-order valence-electron chi connectivity index (χ1n) is 12.4. The average molecular weight is 584 g/mol. The van der Waals surface area contributed by atoms with E-state index in [9.17, 15) is 19.2 Å². The van der Waals surface area contributed by atoms with Crippen molar-refractivity contribution in [2.75, 3.05) is 14.2 Å². The second-order valence-electron chi connectivity index (χ2n) is 9.54. The van der Waals surface area contributed by atoms with Crippen LogP contribution in [0.25, 0.3) is 0 Å². The Balaban J connectivity index is 1.95. The molecule has 2 aromatic carbocycles. The van der Waals surface area contributed by atoms with Crippen LogP contribution in [0.15, 0.2) is 66.7 Å². The predicted octanol–water partition coefficient (Wildman–Crippen LogP) is 5.39. The highest BCUT2D eigenvalue weighted by molar-refractivity contribution is 6.30. The SMILES string of the molecule is COc1ccc(C(=O)OC(C)OC(=O)N(C(=O)c2ccc(Cl)cc2)N(C(=O)c2ccccc2)C(C)(C)C)c(OC)n1. The Hall–Kier alpha value is -4.64. The van der Waals surface area contributed by atoms with Crippen molar-refractivity contribution in [3.8, 4) is 11.8 Å². The molecule has 0 N–H and O–H groups in total. The molecular formula is C29H30ClN3O8. The molecule has 1 atom stereocenters. The van der Waals surface area contributed by atoms with E-state index in [4.69, 9.17) is 30.5 Å². The number of imide groups is 1. The van der Waals surface area contributed by atoms with Gasteiger partial charge in [-0.3, -0.25) is 9.59 Å². The van der Waals surface area contributed by atoms with Gasteiger partial charge in [0.15, 0.2) is 0 Å². The largest absolute Gasteiger partial charge is 0.481 e. The minimum Gasteiger partial charge on any atom is -0.481 e. The molecule has 216 valence electrons. The van der Waals surface area contributed by atoms with Crippen molar-refractivity contribution in [2.45, 2.75) is 39.5 Å². The summed E-state index contributed by atoms with van der Waals surface area (Å²) in [4.78, 5) is 57.9. The summed E-state index contributed by atoms with van der Waals surface area (Å²) in [5.74, 6) is -2.29. The van der Waals surface area contributed by atoms with Crippen molar-refractivity contribution in [3.05, 3.63) is 88.4 Å². The van der Waals surface area contributed by atoms with E-state index in [0.29, 0.717) is 10.0 Å². The maximum atomic E-state index is 13.7. The Labute approximate surface area is 242 Å². The van der Waals surface area contributed by atoms with Gasteiger partial charge in [0.2, 0.25) is 18.1 Å². The second kappa shape index (κ2) is 13.1. The molecule has 41 heavy (non-hydrogen) atoms. The van der Waals surface area contributed by atoms with E-state index >= 15 is 0 Å². The molecule has 3 amide bonds. The number of hydrogen-bond donors (Lipinski definition) is 0. The number of rotatable bonds is 7. The average Bonchev–Trinajstić information content (AvgIpc) is 2.94. The zero-order valence-corrected chi connectivity index (χ0v) is 24.2. The molecule has 1 aromatic heterocycles. The number of halogens is 1. The highest BCUT2D eigenvalue weighted by Gasteiger charge is 2.41. The summed E-state index contributed by atoms with van der Waals surface area (Å²) in [6.45, 7) is 6.23. The highest BCUT2D eigenvalue weighted by atomic mass is 35.5. The van der Waals surface area contributed by atoms with Gasteiger partial charge in [-0.05, 0) is 63.2 Å². The van der Waals surface area contributed by atoms with Crippen LogP contribution in [-0.2, 0) is 9.47 Å². The number of carbonyl (C=O) groups excluding carboxylic acids is 4. The number of aromatic nitrogens is 1. The molecule has 0 fully saturated rings. The van der Waals surface area contributed by atoms with Gasteiger partial charge in [-0.15, -0.1) is 5.01 Å². The monoisotopic (exact) mass is 583 g/mol. The van der Waals surface area contributed by atoms with Gasteiger partial charge >= 0.3 is 12.1 Å². The molecule has 12 heteroatoms. The zero-order chi connectivity index (χ0) is 30.3. The van der Waals surface area contributed by atoms with Gasteiger partial charge in [0.25, 0.3) is 11.8 Å². The molecule has 1 unspecified atom stereocenters. The Kier molecular flexibility index (Phi) is 9.90. The number of ether oxygens (including phenoxy) is 4. The van der Waals surface area contributed by atoms with Crippen molar-refractivity contribution in [2.24, 2.45) is 0 Å². The second-order valence-corrected chi connectivity index (χ2v) is 9.98. The summed E-state index contributed by atoms with van der Waals surface area (Å²) < 4.78 is 20.8. The molecule has 0 aliphatic rings. The molecule has 3 rings (SSSR count). The summed E-state index contributed by atoms with van der Waals surface area (Å²) in [6, 6.07) is 16.7. The minimum absolute atomic E-state index is 0.0548. The van der Waals surface area contributed by atoms with Crippen LogP contribution < -0.4 is 9.47 Å². The molecule has 0 bridgehead atoms. The lowest BCUT2D eigenvalue weighted by molar-refractivity contribution is -0.0920. The fourth-order valence-electron chi connectivity index (χ4n) is 3.65. The quantitative estimate of drug-likeness (QED) is 0.204. The Morgan fingerprint density at radius 3 is 1.98 bits per heavy atom. The van der Waals surface area contributed by atoms with Gasteiger partial charge in [-0.2, -0.15) is 4.98 Å². The van der Waals surface area contributed by atoms with E-state index in [-0.39, 0.29) is 28.5 Å². The van der Waals surface area contributed by atoms with Crippen LogP contribution in [0.3, 0.4) is 0 Å². The first-order chi connectivity index (χ1) is 19.4. The van der Waals surface area contributed by atoms with Gasteiger partial charge in [0.1, 0.15) is 5.56 Å². The molecule has 0 radical (unpaired) electrons. The maximum absolute atomic E-state index is 13.7. The van der Waals surface area contributed by atoms with Crippen LogP contribution in [-0.4, -0.2) is 64.9 Å². The normalized spacial score (nSPS) is 11.6. The third-order valence-electron chi connectivity index (χ3n) is 5.50. The first kappa shape index (κ1) is 30.9. The molecule has 0 saturated heterocycles. The summed E-state index contributed by atoms with van der Waals surface area (Å²) in [5.41, 5.74) is -0.862. The standard InChI is InChI=1S/C29H30ClN3O8/c1-18(40-27(36)22-16-17-23(38-5)31-24(22)39-6)41-28(37)32(25(34)20-12-14-21(30)15-13-20)33(29(2,3)4)26(35)19-10-8-7-9-11-19/h7-18H,1-6H3. The van der Waals surface area contributed by atoms with Crippen LogP contribution in [0, 0.1) is 0 Å². The maximum Gasteiger partial charge on any atom is 0.439 e. The zero-order valence-electron chi connectivity index (χ0n) is 23.4. The summed E-state index contributed by atoms with van der Waals surface area (Å²) in [6.07, 6.45) is -2.75. The van der Waals surface area contributed by atoms with Crippen LogP contribution in [0.4, 0.5) is 4.79 Å². The lowest BCUT2D eigenvalue weighted by Gasteiger charge is -2.41. The number of pyridine rings is 1. The smallest absolute Gasteiger partial charge is 0.439 e. The first-order valence-corrected chi connectivity index (χ1v) is 12.7. The van der Waals surface area contributed by atoms with Crippen molar-refractivity contribution in [1.82, 2.24) is 15.0 Å². The lowest BCUT2D eigenvalue weighted by Crippen LogP contribution is -2.60. The van der Waals surface area contributed by atoms with Crippen LogP contribution in [0.2, 0.25) is 5.02 Å². The van der Waals surface area contributed by atoms with Gasteiger partial charge in [0.05, 0.1) is 19.8 Å². The van der Waals surface area contributed by atoms with Gasteiger partial charge in [-0.1, -0.05) is 29.8 Å². The number of amides is 3. The topological polar surface area (TPSA) is 125 Å². The fourth-order valence-corrected chi connectivity index (χ4v) is 3.77. The molecular weight excluding hydrogens is 554 g/mol. The van der Waals surface area contributed by atoms with Gasteiger partial charge in [-0.25, -0.2) is 14.6 Å². The third kappa shape index (κ3) is 7.52. The number of carbonyl (C=O) groups is 4. The lowest BCUT2D eigenvalue weighted by atomic mass is 10.1. The Morgan fingerprint density at radius 1 is 0.805 bits per heavy atom. The molecule has 0 saturated carbocycles. The Bertz CT molecular complexity index is 1410. The molecule has 0 aliphatic carbocycles. The van der Waals surface area contributed by atoms with Crippen LogP contribution >= 0.6 is 11.6 Å². The van der Waals surface area contributed by atoms with Gasteiger partial charge in [0, 0.05) is 29.1 Å². The van der Waals surface area contributed by atoms with E-state index in [2.05, 4.69) is 4.98 Å². The number of hydrogen-bond acceptors (Lipinski definition) is 9. The fraction of sp³-hybridized carbons (Fsp3) is 0.276. The summed E-state index contributed by atoms with van der Waals surface area (Å²) >= 11 is 5.98. The van der Waals surface area contributed by atoms with Crippen LogP contribution in [0.1, 0.15) is 58.8 Å². The molecule has 11 nitrogen and oxygen atoms in total. The number of benzene rings is 2. The number of nitrogens with zero attached hydrogens (tertiary/aromatic N) is 3. The molecule has 3 aromatic rings. The van der Waals surface area contributed by atoms with Crippen molar-refractivity contribution < 1.29 is 38.1 Å². The number of esters is 1. The van der Waals surface area contributed by atoms with Crippen molar-refractivity contribution >= 4 is 35.5 Å². The summed E-state index contributed by atoms with van der Waals surface area (Å²) in [7, 11) is 2.72. The third-order valence-corrected chi connectivity index (χ3v) is 5.75. The predicted molar refractivity (Wildman–Crippen MR) is 149 cm³/mol. The van der Waals surface area contributed by atoms with E-state index in [0.717, 1.165) is 5.01 Å². The van der Waals surface area contributed by atoms with E-state index < -0.39 is 35.7 Å². The van der Waals surface area contributed by atoms with Crippen LogP contribution in [0.5, 0.6) is 11.8 Å². The summed E-state index contributed by atoms with van der Waals surface area (Å²) in [5, 5.41) is 1.94. The molecule has 0 spiro atoms. The van der Waals surface area contributed by atoms with Crippen molar-refractivity contribution in [3.63, 3.8) is 0 Å². The highest BCUT2D eigenvalue weighted by Crippen LogP contribution is 2.25. The van der Waals surface area contributed by atoms with E-state index in [1.165, 1.54) is 57.5 Å². The minimum atomic E-state index is -1.49. The molecule has 0 aliphatic heterocycles. The van der Waals surface area contributed by atoms with Crippen molar-refractivity contribution in [1.29, 1.82) is 0 Å². The van der Waals surface area contributed by atoms with E-state index in [1.807, 2.05) is 0 Å². The molecule has 1 heterocycles. The number of methoxy groups -OCH3 is 2. The van der Waals surface area contributed by atoms with E-state index in [1.54, 1.807) is 51.1 Å². The Morgan fingerprint density at radius 2 is 1.41 bits per heavy atom. The number of hydrazine groups is 1.